The molecule has 1 heterocycles. The van der Waals surface area contributed by atoms with Crippen LogP contribution in [0.5, 0.6) is 5.75 Å². The van der Waals surface area contributed by atoms with E-state index in [2.05, 4.69) is 54.3 Å². The summed E-state index contributed by atoms with van der Waals surface area (Å²) in [5, 5.41) is 44.2. The fourth-order valence-electron chi connectivity index (χ4n) is 3.73. The fourth-order valence-corrected chi connectivity index (χ4v) is 6.88. The standard InChI is InChI=1S/C23H15ClN6O17S6/c24-21-26-22(28-23(27-21)49-9-17(31)32)25-14-8-12(51(35,36)37)5-10-6-15(50-46-45-34)19(20(33)18(10)14)30-29-13-2-1-11(7-16(13)52(38,39)40)48-4-3-44-47-53(41,42)43/h1-2,5-8,33-34H,9H2,(H,31,32)(H,35,36,37)(H,38,39,40)(H,41,42,43)(H,25,26,27,28). The lowest BCUT2D eigenvalue weighted by atomic mass is 10.1. The number of carboxylic acid groups (broad SMARTS) is 1. The van der Waals surface area contributed by atoms with E-state index < -0.39 is 74.6 Å². The highest BCUT2D eigenvalue weighted by molar-refractivity contribution is 8.04. The van der Waals surface area contributed by atoms with Crippen molar-refractivity contribution in [2.45, 2.75) is 24.7 Å². The Morgan fingerprint density at radius 3 is 2.36 bits per heavy atom. The number of nitrogens with zero attached hydrogens (tertiary/aromatic N) is 5. The van der Waals surface area contributed by atoms with Crippen LogP contribution in [0.1, 0.15) is 0 Å². The Labute approximate surface area is 313 Å². The Kier molecular flexibility index (Phi) is 13.6. The molecule has 3 aromatic carbocycles. The minimum atomic E-state index is -5.04. The smallest absolute Gasteiger partial charge is 0.433 e. The van der Waals surface area contributed by atoms with Crippen LogP contribution in [0.25, 0.3) is 10.8 Å². The van der Waals surface area contributed by atoms with Crippen LogP contribution in [-0.2, 0) is 54.0 Å². The number of aromatic nitrogens is 3. The van der Waals surface area contributed by atoms with Crippen molar-refractivity contribution in [3.05, 3.63) is 41.7 Å². The van der Waals surface area contributed by atoms with Crippen molar-refractivity contribution in [2.24, 2.45) is 10.2 Å². The van der Waals surface area contributed by atoms with Crippen molar-refractivity contribution in [3.63, 3.8) is 0 Å². The number of phenolic OH excluding ortho intramolecular Hbond substituents is 1. The maximum absolute atomic E-state index is 12.2. The van der Waals surface area contributed by atoms with Gasteiger partial charge in [0.25, 0.3) is 20.2 Å². The first-order chi connectivity index (χ1) is 24.7. The molecule has 53 heavy (non-hydrogen) atoms. The van der Waals surface area contributed by atoms with Gasteiger partial charge in [-0.15, -0.1) is 14.6 Å². The third kappa shape index (κ3) is 11.9. The minimum Gasteiger partial charge on any atom is -0.505 e. The molecule has 0 saturated heterocycles. The SMILES string of the molecule is O=C(O)CSc1nc(Cl)nc(Nc2cc(S(=O)(=O)O)cc3cc(SOOO)c(N=Nc4ccc(SC#COOS(=O)(=O)O)cc4S(=O)(=O)O)c(O)c23)n1. The molecular formula is C23H15ClN6O17S6. The Morgan fingerprint density at radius 1 is 0.981 bits per heavy atom. The molecular weight excluding hydrogens is 860 g/mol. The first-order valence-corrected chi connectivity index (χ1v) is 19.9. The van der Waals surface area contributed by atoms with Crippen molar-refractivity contribution >= 4 is 118 Å². The summed E-state index contributed by atoms with van der Waals surface area (Å²) >= 11 is 7.34. The second kappa shape index (κ2) is 17.3. The highest BCUT2D eigenvalue weighted by Gasteiger charge is 2.23. The lowest BCUT2D eigenvalue weighted by Gasteiger charge is -2.15. The molecule has 0 spiro atoms. The number of azo groups is 1. The number of halogens is 1. The number of aromatic hydroxyl groups is 1. The third-order valence-corrected chi connectivity index (χ3v) is 9.82. The van der Waals surface area contributed by atoms with Crippen molar-refractivity contribution in [2.75, 3.05) is 11.1 Å². The summed E-state index contributed by atoms with van der Waals surface area (Å²) in [6, 6.07) is 5.97. The van der Waals surface area contributed by atoms with Gasteiger partial charge < -0.3 is 15.5 Å². The topological polar surface area (TPSA) is 353 Å². The number of fused-ring (bicyclic) bond motifs is 1. The zero-order valence-electron chi connectivity index (χ0n) is 24.9. The average Bonchev–Trinajstić information content (AvgIpc) is 3.04. The minimum absolute atomic E-state index is 0.0196. The van der Waals surface area contributed by atoms with Gasteiger partial charge in [0.2, 0.25) is 11.2 Å². The third-order valence-electron chi connectivity index (χ3n) is 5.57. The van der Waals surface area contributed by atoms with Crippen molar-refractivity contribution in [3.8, 4) is 17.1 Å². The molecule has 0 amide bonds. The maximum atomic E-state index is 12.2. The molecule has 0 saturated carbocycles. The number of aliphatic carboxylic acids is 1. The molecule has 282 valence electrons. The molecule has 7 N–H and O–H groups in total. The second-order valence-corrected chi connectivity index (χ2v) is 15.8. The van der Waals surface area contributed by atoms with Crippen molar-refractivity contribution in [1.82, 2.24) is 15.0 Å². The Balaban J connectivity index is 1.86. The van der Waals surface area contributed by atoms with E-state index in [0.29, 0.717) is 23.5 Å². The van der Waals surface area contributed by atoms with E-state index in [0.717, 1.165) is 30.3 Å². The first-order valence-electron chi connectivity index (χ1n) is 12.8. The summed E-state index contributed by atoms with van der Waals surface area (Å²) < 4.78 is 106. The van der Waals surface area contributed by atoms with Crippen LogP contribution >= 0.6 is 47.2 Å². The Morgan fingerprint density at radius 2 is 1.72 bits per heavy atom. The molecule has 0 radical (unpaired) electrons. The van der Waals surface area contributed by atoms with E-state index in [4.69, 9.17) is 26.5 Å². The monoisotopic (exact) mass is 874 g/mol. The summed E-state index contributed by atoms with van der Waals surface area (Å²) in [5.41, 5.74) is -1.41. The summed E-state index contributed by atoms with van der Waals surface area (Å²) in [4.78, 5) is 24.8. The van der Waals surface area contributed by atoms with E-state index in [1.54, 1.807) is 6.11 Å². The van der Waals surface area contributed by atoms with E-state index in [9.17, 15) is 44.3 Å². The van der Waals surface area contributed by atoms with Crippen LogP contribution in [-0.4, -0.2) is 81.1 Å². The molecule has 0 aliphatic heterocycles. The quantitative estimate of drug-likeness (QED) is 0.0165. The van der Waals surface area contributed by atoms with Gasteiger partial charge in [-0.1, -0.05) is 16.8 Å². The summed E-state index contributed by atoms with van der Waals surface area (Å²) in [7, 11) is -14.9. The zero-order valence-corrected chi connectivity index (χ0v) is 30.6. The zero-order chi connectivity index (χ0) is 39.1. The lowest BCUT2D eigenvalue weighted by Crippen LogP contribution is -2.05. The van der Waals surface area contributed by atoms with Crippen LogP contribution in [0.4, 0.5) is 23.0 Å². The second-order valence-electron chi connectivity index (χ2n) is 9.05. The van der Waals surface area contributed by atoms with E-state index in [-0.39, 0.29) is 49.4 Å². The largest absolute Gasteiger partial charge is 0.505 e. The van der Waals surface area contributed by atoms with Crippen LogP contribution in [0.2, 0.25) is 5.28 Å². The first kappa shape index (κ1) is 41.6. The van der Waals surface area contributed by atoms with Gasteiger partial charge in [-0.05, 0) is 69.5 Å². The Bertz CT molecular complexity index is 2520. The van der Waals surface area contributed by atoms with Crippen LogP contribution < -0.4 is 5.32 Å². The van der Waals surface area contributed by atoms with E-state index in [1.165, 1.54) is 6.07 Å². The maximum Gasteiger partial charge on any atom is 0.433 e. The Hall–Kier alpha value is -4.13. The predicted molar refractivity (Wildman–Crippen MR) is 180 cm³/mol. The molecule has 30 heteroatoms. The number of phenols is 1. The molecule has 4 rings (SSSR count). The number of carbonyl (C=O) groups is 1. The highest BCUT2D eigenvalue weighted by atomic mass is 35.5. The number of hydrogen-bond donors (Lipinski definition) is 7. The summed E-state index contributed by atoms with van der Waals surface area (Å²) in [6.45, 7) is 0. The molecule has 0 bridgehead atoms. The molecule has 0 aliphatic rings. The van der Waals surface area contributed by atoms with Gasteiger partial charge in [0.1, 0.15) is 16.3 Å². The molecule has 0 atom stereocenters. The van der Waals surface area contributed by atoms with Crippen molar-refractivity contribution < 1.29 is 77.8 Å². The van der Waals surface area contributed by atoms with Gasteiger partial charge in [-0.25, -0.2) is 5.26 Å². The van der Waals surface area contributed by atoms with Gasteiger partial charge in [0, 0.05) is 15.5 Å². The van der Waals surface area contributed by atoms with Crippen LogP contribution in [0.15, 0.2) is 71.4 Å². The molecule has 1 aromatic heterocycles. The number of rotatable bonds is 15. The fraction of sp³-hybridized carbons (Fsp3) is 0.0435. The molecule has 0 fully saturated rings. The van der Waals surface area contributed by atoms with Gasteiger partial charge in [-0.3, -0.25) is 23.3 Å². The van der Waals surface area contributed by atoms with E-state index >= 15 is 0 Å². The normalized spacial score (nSPS) is 12.1. The number of benzene rings is 3. The van der Waals surface area contributed by atoms with Gasteiger partial charge in [-0.2, -0.15) is 40.2 Å². The number of hydrogen-bond acceptors (Lipinski definition) is 22. The summed E-state index contributed by atoms with van der Waals surface area (Å²) in [6.07, 6.45) is 1.74. The molecule has 0 unspecified atom stereocenters. The molecule has 23 nitrogen and oxygen atoms in total. The van der Waals surface area contributed by atoms with E-state index in [1.807, 2.05) is 0 Å². The van der Waals surface area contributed by atoms with Crippen molar-refractivity contribution in [1.29, 1.82) is 0 Å². The summed E-state index contributed by atoms with van der Waals surface area (Å²) in [5.74, 6) is -2.91. The van der Waals surface area contributed by atoms with Gasteiger partial charge >= 0.3 is 16.4 Å². The molecule has 4 aromatic rings. The highest BCUT2D eigenvalue weighted by Crippen LogP contribution is 2.48. The number of carboxylic acids is 1. The number of nitrogens with one attached hydrogen (secondary N) is 1. The number of thioether (sulfide) groups is 2. The molecule has 0 aliphatic carbocycles. The number of anilines is 2. The van der Waals surface area contributed by atoms with Crippen LogP contribution in [0, 0.1) is 11.4 Å². The predicted octanol–water partition coefficient (Wildman–Crippen LogP) is 4.40. The van der Waals surface area contributed by atoms with Gasteiger partial charge in [0.15, 0.2) is 17.0 Å². The van der Waals surface area contributed by atoms with Gasteiger partial charge in [0.05, 0.1) is 33.3 Å². The van der Waals surface area contributed by atoms with Crippen LogP contribution in [0.3, 0.4) is 0 Å². The lowest BCUT2D eigenvalue weighted by molar-refractivity contribution is -0.432. The average molecular weight is 875 g/mol.